The van der Waals surface area contributed by atoms with E-state index in [1.54, 1.807) is 4.90 Å². The first-order valence-corrected chi connectivity index (χ1v) is 10.9. The van der Waals surface area contributed by atoms with Gasteiger partial charge in [-0.1, -0.05) is 55.3 Å². The summed E-state index contributed by atoms with van der Waals surface area (Å²) in [5.74, 6) is 0.975. The van der Waals surface area contributed by atoms with E-state index in [0.29, 0.717) is 36.9 Å². The van der Waals surface area contributed by atoms with Crippen LogP contribution < -0.4 is 4.74 Å². The molecule has 2 aromatic carbocycles. The van der Waals surface area contributed by atoms with Crippen LogP contribution >= 0.6 is 0 Å². The minimum atomic E-state index is -0.0644. The second-order valence-corrected chi connectivity index (χ2v) is 8.51. The highest BCUT2D eigenvalue weighted by Gasteiger charge is 2.36. The van der Waals surface area contributed by atoms with E-state index in [-0.39, 0.29) is 17.7 Å². The van der Waals surface area contributed by atoms with E-state index in [0.717, 1.165) is 24.9 Å². The summed E-state index contributed by atoms with van der Waals surface area (Å²) >= 11 is 0. The molecule has 0 bridgehead atoms. The number of nitrogens with zero attached hydrogens (tertiary/aromatic N) is 2. The second-order valence-electron chi connectivity index (χ2n) is 8.51. The molecule has 0 spiro atoms. The Morgan fingerprint density at radius 3 is 2.53 bits per heavy atom. The molecular formula is C25H30N2O3. The molecule has 2 fully saturated rings. The van der Waals surface area contributed by atoms with Gasteiger partial charge in [0.15, 0.2) is 0 Å². The van der Waals surface area contributed by atoms with Gasteiger partial charge in [-0.25, -0.2) is 0 Å². The predicted octanol–water partition coefficient (Wildman–Crippen LogP) is 4.13. The van der Waals surface area contributed by atoms with Crippen molar-refractivity contribution in [3.05, 3.63) is 65.7 Å². The van der Waals surface area contributed by atoms with Crippen molar-refractivity contribution in [1.82, 2.24) is 9.80 Å². The van der Waals surface area contributed by atoms with E-state index in [1.165, 1.54) is 12.8 Å². The topological polar surface area (TPSA) is 49.9 Å². The molecule has 5 nitrogen and oxygen atoms in total. The predicted molar refractivity (Wildman–Crippen MR) is 116 cm³/mol. The van der Waals surface area contributed by atoms with Crippen LogP contribution in [0.25, 0.3) is 0 Å². The number of hydrogen-bond acceptors (Lipinski definition) is 3. The lowest BCUT2D eigenvalue weighted by Crippen LogP contribution is -2.36. The normalized spacial score (nSPS) is 19.3. The van der Waals surface area contributed by atoms with Crippen LogP contribution in [-0.2, 0) is 11.4 Å². The third-order valence-corrected chi connectivity index (χ3v) is 6.24. The first-order chi connectivity index (χ1) is 14.6. The van der Waals surface area contributed by atoms with Gasteiger partial charge < -0.3 is 14.5 Å². The van der Waals surface area contributed by atoms with Gasteiger partial charge in [-0.15, -0.1) is 0 Å². The minimum absolute atomic E-state index is 0.0644. The first kappa shape index (κ1) is 20.5. The lowest BCUT2D eigenvalue weighted by molar-refractivity contribution is -0.129. The van der Waals surface area contributed by atoms with Gasteiger partial charge in [0.1, 0.15) is 12.4 Å². The summed E-state index contributed by atoms with van der Waals surface area (Å²) in [6.45, 7) is 1.77. The van der Waals surface area contributed by atoms with Gasteiger partial charge >= 0.3 is 0 Å². The summed E-state index contributed by atoms with van der Waals surface area (Å²) < 4.78 is 5.96. The average molecular weight is 407 g/mol. The summed E-state index contributed by atoms with van der Waals surface area (Å²) in [6, 6.07) is 17.7. The van der Waals surface area contributed by atoms with E-state index in [4.69, 9.17) is 4.74 Å². The zero-order chi connectivity index (χ0) is 20.9. The van der Waals surface area contributed by atoms with Crippen molar-refractivity contribution in [1.29, 1.82) is 0 Å². The lowest BCUT2D eigenvalue weighted by atomic mass is 10.1. The van der Waals surface area contributed by atoms with E-state index in [1.807, 2.05) is 61.6 Å². The Bertz CT molecular complexity index is 877. The SMILES string of the molecule is CN(CC1CC(=O)N(C2CCCC2)C1)C(=O)c1ccccc1OCc1ccccc1. The molecule has 30 heavy (non-hydrogen) atoms. The van der Waals surface area contributed by atoms with Gasteiger partial charge in [-0.05, 0) is 30.5 Å². The third kappa shape index (κ3) is 4.66. The van der Waals surface area contributed by atoms with Crippen molar-refractivity contribution < 1.29 is 14.3 Å². The van der Waals surface area contributed by atoms with Crippen molar-refractivity contribution in [2.24, 2.45) is 5.92 Å². The number of benzene rings is 2. The Kier molecular flexibility index (Phi) is 6.36. The lowest BCUT2D eigenvalue weighted by Gasteiger charge is -2.25. The van der Waals surface area contributed by atoms with Crippen LogP contribution in [-0.4, -0.2) is 47.8 Å². The highest BCUT2D eigenvalue weighted by Crippen LogP contribution is 2.30. The van der Waals surface area contributed by atoms with Gasteiger partial charge in [0.2, 0.25) is 5.91 Å². The molecule has 0 N–H and O–H groups in total. The van der Waals surface area contributed by atoms with E-state index < -0.39 is 0 Å². The van der Waals surface area contributed by atoms with Crippen LogP contribution in [0.15, 0.2) is 54.6 Å². The smallest absolute Gasteiger partial charge is 0.257 e. The molecule has 1 aliphatic carbocycles. The minimum Gasteiger partial charge on any atom is -0.488 e. The quantitative estimate of drug-likeness (QED) is 0.695. The number of carbonyl (C=O) groups excluding carboxylic acids is 2. The molecule has 1 saturated heterocycles. The highest BCUT2D eigenvalue weighted by atomic mass is 16.5. The molecule has 4 rings (SSSR count). The average Bonchev–Trinajstić information content (AvgIpc) is 3.42. The molecule has 0 radical (unpaired) electrons. The molecule has 1 saturated carbocycles. The van der Waals surface area contributed by atoms with E-state index in [9.17, 15) is 9.59 Å². The fourth-order valence-corrected chi connectivity index (χ4v) is 4.68. The Balaban J connectivity index is 1.37. The summed E-state index contributed by atoms with van der Waals surface area (Å²) in [5.41, 5.74) is 1.62. The van der Waals surface area contributed by atoms with Crippen LogP contribution in [0.4, 0.5) is 0 Å². The fourth-order valence-electron chi connectivity index (χ4n) is 4.68. The molecule has 1 aliphatic heterocycles. The van der Waals surface area contributed by atoms with Crippen LogP contribution in [0.5, 0.6) is 5.75 Å². The van der Waals surface area contributed by atoms with Gasteiger partial charge in [-0.3, -0.25) is 9.59 Å². The standard InChI is InChI=1S/C25H30N2O3/c1-26(16-20-15-24(28)27(17-20)21-11-5-6-12-21)25(29)22-13-7-8-14-23(22)30-18-19-9-3-2-4-10-19/h2-4,7-10,13-14,20-21H,5-6,11-12,15-18H2,1H3. The number of carbonyl (C=O) groups is 2. The number of likely N-dealkylation sites (tertiary alicyclic amines) is 1. The maximum Gasteiger partial charge on any atom is 0.257 e. The molecule has 1 atom stereocenters. The Morgan fingerprint density at radius 1 is 1.07 bits per heavy atom. The number of ether oxygens (including phenoxy) is 1. The second kappa shape index (κ2) is 9.33. The van der Waals surface area contributed by atoms with Gasteiger partial charge in [0.25, 0.3) is 5.91 Å². The molecule has 5 heteroatoms. The van der Waals surface area contributed by atoms with Crippen molar-refractivity contribution in [2.45, 2.75) is 44.8 Å². The Labute approximate surface area is 178 Å². The van der Waals surface area contributed by atoms with Crippen molar-refractivity contribution in [3.63, 3.8) is 0 Å². The zero-order valence-electron chi connectivity index (χ0n) is 17.6. The molecule has 2 aromatic rings. The molecule has 1 heterocycles. The van der Waals surface area contributed by atoms with Gasteiger partial charge in [0, 0.05) is 38.5 Å². The van der Waals surface area contributed by atoms with E-state index >= 15 is 0 Å². The summed E-state index contributed by atoms with van der Waals surface area (Å²) in [7, 11) is 1.82. The number of hydrogen-bond donors (Lipinski definition) is 0. The molecule has 1 unspecified atom stereocenters. The van der Waals surface area contributed by atoms with Crippen molar-refractivity contribution in [2.75, 3.05) is 20.1 Å². The van der Waals surface area contributed by atoms with Crippen LogP contribution in [0, 0.1) is 5.92 Å². The number of para-hydroxylation sites is 1. The van der Waals surface area contributed by atoms with Crippen LogP contribution in [0.1, 0.15) is 48.0 Å². The van der Waals surface area contributed by atoms with Gasteiger partial charge in [0.05, 0.1) is 5.56 Å². The third-order valence-electron chi connectivity index (χ3n) is 6.24. The van der Waals surface area contributed by atoms with Crippen LogP contribution in [0.3, 0.4) is 0 Å². The first-order valence-electron chi connectivity index (χ1n) is 10.9. The monoisotopic (exact) mass is 406 g/mol. The Hall–Kier alpha value is -2.82. The summed E-state index contributed by atoms with van der Waals surface area (Å²) in [6.07, 6.45) is 5.23. The highest BCUT2D eigenvalue weighted by molar-refractivity contribution is 5.96. The molecule has 0 aromatic heterocycles. The molecule has 158 valence electrons. The largest absolute Gasteiger partial charge is 0.488 e. The van der Waals surface area contributed by atoms with Crippen molar-refractivity contribution >= 4 is 11.8 Å². The Morgan fingerprint density at radius 2 is 1.77 bits per heavy atom. The van der Waals surface area contributed by atoms with Gasteiger partial charge in [-0.2, -0.15) is 0 Å². The maximum absolute atomic E-state index is 13.1. The maximum atomic E-state index is 13.1. The molecule has 2 amide bonds. The zero-order valence-corrected chi connectivity index (χ0v) is 17.6. The van der Waals surface area contributed by atoms with Crippen molar-refractivity contribution in [3.8, 4) is 5.75 Å². The van der Waals surface area contributed by atoms with E-state index in [2.05, 4.69) is 4.90 Å². The molecular weight excluding hydrogens is 376 g/mol. The molecule has 2 aliphatic rings. The van der Waals surface area contributed by atoms with Crippen LogP contribution in [0.2, 0.25) is 0 Å². The fraction of sp³-hybridized carbons (Fsp3) is 0.440. The number of rotatable bonds is 7. The summed E-state index contributed by atoms with van der Waals surface area (Å²) in [4.78, 5) is 29.4. The summed E-state index contributed by atoms with van der Waals surface area (Å²) in [5, 5.41) is 0. The number of amides is 2.